The van der Waals surface area contributed by atoms with Crippen LogP contribution in [0.1, 0.15) is 52.0 Å². The van der Waals surface area contributed by atoms with Gasteiger partial charge in [0.1, 0.15) is 5.82 Å². The molecule has 2 N–H and O–H groups in total. The highest BCUT2D eigenvalue weighted by Gasteiger charge is 2.42. The number of likely N-dealkylation sites (tertiary alicyclic amines) is 1. The summed E-state index contributed by atoms with van der Waals surface area (Å²) in [7, 11) is 0. The number of benzene rings is 1. The Labute approximate surface area is 128 Å². The van der Waals surface area contributed by atoms with Crippen LogP contribution in [-0.4, -0.2) is 24.0 Å². The van der Waals surface area contributed by atoms with Gasteiger partial charge in [0, 0.05) is 6.04 Å². The summed E-state index contributed by atoms with van der Waals surface area (Å²) >= 11 is 0. The largest absolute Gasteiger partial charge is 0.320 e. The van der Waals surface area contributed by atoms with E-state index < -0.39 is 5.54 Å². The molecule has 3 heteroatoms. The molecule has 1 aromatic rings. The van der Waals surface area contributed by atoms with Gasteiger partial charge in [-0.1, -0.05) is 39.3 Å². The van der Waals surface area contributed by atoms with E-state index in [9.17, 15) is 4.39 Å². The minimum Gasteiger partial charge on any atom is -0.320 e. The molecule has 2 rings (SSSR count). The molecule has 1 fully saturated rings. The second-order valence-corrected chi connectivity index (χ2v) is 6.64. The Bertz CT molecular complexity index is 437. The Balaban J connectivity index is 2.39. The monoisotopic (exact) mass is 292 g/mol. The van der Waals surface area contributed by atoms with Gasteiger partial charge in [0.25, 0.3) is 0 Å². The molecule has 118 valence electrons. The summed E-state index contributed by atoms with van der Waals surface area (Å²) in [4.78, 5) is 2.55. The second-order valence-electron chi connectivity index (χ2n) is 6.64. The molecular formula is C18H29FN2. The Morgan fingerprint density at radius 2 is 1.76 bits per heavy atom. The molecule has 2 atom stereocenters. The van der Waals surface area contributed by atoms with Gasteiger partial charge in [-0.15, -0.1) is 0 Å². The van der Waals surface area contributed by atoms with Crippen LogP contribution in [0.4, 0.5) is 4.39 Å². The fourth-order valence-electron chi connectivity index (χ4n) is 3.70. The maximum Gasteiger partial charge on any atom is 0.123 e. The van der Waals surface area contributed by atoms with Gasteiger partial charge < -0.3 is 5.73 Å². The van der Waals surface area contributed by atoms with Gasteiger partial charge in [0.15, 0.2) is 0 Å². The first-order valence-electron chi connectivity index (χ1n) is 8.29. The van der Waals surface area contributed by atoms with Crippen LogP contribution in [0, 0.1) is 11.7 Å². The average molecular weight is 292 g/mol. The zero-order valence-electron chi connectivity index (χ0n) is 13.6. The lowest BCUT2D eigenvalue weighted by Gasteiger charge is -2.46. The molecule has 0 spiro atoms. The van der Waals surface area contributed by atoms with E-state index in [2.05, 4.69) is 25.7 Å². The molecule has 1 aliphatic heterocycles. The molecular weight excluding hydrogens is 263 g/mol. The summed E-state index contributed by atoms with van der Waals surface area (Å²) < 4.78 is 13.3. The summed E-state index contributed by atoms with van der Waals surface area (Å²) in [6.45, 7) is 8.85. The van der Waals surface area contributed by atoms with Gasteiger partial charge >= 0.3 is 0 Å². The van der Waals surface area contributed by atoms with E-state index >= 15 is 0 Å². The molecule has 0 aromatic heterocycles. The van der Waals surface area contributed by atoms with E-state index in [0.29, 0.717) is 12.0 Å². The van der Waals surface area contributed by atoms with Crippen LogP contribution in [0.3, 0.4) is 0 Å². The predicted octanol–water partition coefficient (Wildman–Crippen LogP) is 3.90. The van der Waals surface area contributed by atoms with Crippen LogP contribution in [-0.2, 0) is 5.54 Å². The normalized spacial score (nSPS) is 20.7. The lowest BCUT2D eigenvalue weighted by molar-refractivity contribution is 0.0998. The molecule has 0 saturated carbocycles. The quantitative estimate of drug-likeness (QED) is 0.861. The van der Waals surface area contributed by atoms with Crippen molar-refractivity contribution in [2.75, 3.05) is 13.1 Å². The molecule has 0 radical (unpaired) electrons. The summed E-state index contributed by atoms with van der Waals surface area (Å²) in [5, 5.41) is 0. The molecule has 1 aromatic carbocycles. The fraction of sp³-hybridized carbons (Fsp3) is 0.667. The van der Waals surface area contributed by atoms with E-state index in [4.69, 9.17) is 5.73 Å². The zero-order valence-corrected chi connectivity index (χ0v) is 13.6. The first-order chi connectivity index (χ1) is 10.00. The highest BCUT2D eigenvalue weighted by atomic mass is 19.1. The van der Waals surface area contributed by atoms with Crippen molar-refractivity contribution in [3.05, 3.63) is 35.6 Å². The number of hydrogen-bond acceptors (Lipinski definition) is 2. The minimum absolute atomic E-state index is 0.196. The van der Waals surface area contributed by atoms with E-state index in [-0.39, 0.29) is 5.82 Å². The van der Waals surface area contributed by atoms with Crippen molar-refractivity contribution in [1.29, 1.82) is 0 Å². The lowest BCUT2D eigenvalue weighted by Crippen LogP contribution is -2.58. The smallest absolute Gasteiger partial charge is 0.123 e. The van der Waals surface area contributed by atoms with E-state index in [1.165, 1.54) is 25.0 Å². The van der Waals surface area contributed by atoms with Crippen molar-refractivity contribution < 1.29 is 4.39 Å². The molecule has 0 amide bonds. The van der Waals surface area contributed by atoms with Crippen LogP contribution in [0.5, 0.6) is 0 Å². The second kappa shape index (κ2) is 6.89. The van der Waals surface area contributed by atoms with Crippen molar-refractivity contribution in [3.8, 4) is 0 Å². The first-order valence-corrected chi connectivity index (χ1v) is 8.29. The van der Waals surface area contributed by atoms with Crippen LogP contribution >= 0.6 is 0 Å². The van der Waals surface area contributed by atoms with Gasteiger partial charge in [-0.3, -0.25) is 4.90 Å². The lowest BCUT2D eigenvalue weighted by atomic mass is 9.73. The number of nitrogens with two attached hydrogens (primary N) is 1. The van der Waals surface area contributed by atoms with Crippen molar-refractivity contribution in [2.24, 2.45) is 11.7 Å². The topological polar surface area (TPSA) is 29.3 Å². The number of halogens is 1. The van der Waals surface area contributed by atoms with Crippen LogP contribution in [0.2, 0.25) is 0 Å². The predicted molar refractivity (Wildman–Crippen MR) is 86.6 cm³/mol. The van der Waals surface area contributed by atoms with Crippen LogP contribution < -0.4 is 5.73 Å². The van der Waals surface area contributed by atoms with Gasteiger partial charge in [-0.25, -0.2) is 4.39 Å². The summed E-state index contributed by atoms with van der Waals surface area (Å²) in [6.07, 6.45) is 4.73. The van der Waals surface area contributed by atoms with Gasteiger partial charge in [0.05, 0.1) is 5.54 Å². The number of nitrogens with zero attached hydrogens (tertiary/aromatic N) is 1. The molecule has 1 saturated heterocycles. The maximum atomic E-state index is 13.3. The third kappa shape index (κ3) is 3.29. The average Bonchev–Trinajstić information content (AvgIpc) is 2.98. The first kappa shape index (κ1) is 16.4. The highest BCUT2D eigenvalue weighted by Crippen LogP contribution is 2.37. The van der Waals surface area contributed by atoms with E-state index in [1.807, 2.05) is 12.1 Å². The molecule has 1 aliphatic rings. The zero-order chi connectivity index (χ0) is 15.5. The highest BCUT2D eigenvalue weighted by molar-refractivity contribution is 5.28. The van der Waals surface area contributed by atoms with Gasteiger partial charge in [-0.05, 0) is 56.0 Å². The van der Waals surface area contributed by atoms with Crippen molar-refractivity contribution >= 4 is 0 Å². The third-order valence-electron chi connectivity index (χ3n) is 4.99. The van der Waals surface area contributed by atoms with Crippen molar-refractivity contribution in [3.63, 3.8) is 0 Å². The summed E-state index contributed by atoms with van der Waals surface area (Å²) in [5.74, 6) is 0.109. The van der Waals surface area contributed by atoms with Crippen molar-refractivity contribution in [1.82, 2.24) is 4.90 Å². The fourth-order valence-corrected chi connectivity index (χ4v) is 3.70. The Morgan fingerprint density at radius 1 is 1.19 bits per heavy atom. The molecule has 0 bridgehead atoms. The van der Waals surface area contributed by atoms with Crippen LogP contribution in [0.25, 0.3) is 0 Å². The Kier molecular flexibility index (Phi) is 5.39. The van der Waals surface area contributed by atoms with Gasteiger partial charge in [-0.2, -0.15) is 0 Å². The SMILES string of the molecule is CCCC(N1CCCC1)C(N)(c1ccc(F)cc1)C(C)C. The van der Waals surface area contributed by atoms with E-state index in [0.717, 1.165) is 31.5 Å². The number of rotatable bonds is 6. The summed E-state index contributed by atoms with van der Waals surface area (Å²) in [6, 6.07) is 7.14. The van der Waals surface area contributed by atoms with Gasteiger partial charge in [0.2, 0.25) is 0 Å². The van der Waals surface area contributed by atoms with E-state index in [1.54, 1.807) is 0 Å². The van der Waals surface area contributed by atoms with Crippen molar-refractivity contribution in [2.45, 2.75) is 58.0 Å². The van der Waals surface area contributed by atoms with Crippen LogP contribution in [0.15, 0.2) is 24.3 Å². The minimum atomic E-state index is -0.423. The molecule has 2 unspecified atom stereocenters. The molecule has 1 heterocycles. The standard InChI is InChI=1S/C18H29FN2/c1-4-7-17(21-12-5-6-13-21)18(20,14(2)3)15-8-10-16(19)11-9-15/h8-11,14,17H,4-7,12-13,20H2,1-3H3. The number of hydrogen-bond donors (Lipinski definition) is 1. The maximum absolute atomic E-state index is 13.3. The Morgan fingerprint density at radius 3 is 2.24 bits per heavy atom. The molecule has 2 nitrogen and oxygen atoms in total. The molecule has 21 heavy (non-hydrogen) atoms. The summed E-state index contributed by atoms with van der Waals surface area (Å²) in [5.41, 5.74) is 7.60. The Hall–Kier alpha value is -0.930. The third-order valence-corrected chi connectivity index (χ3v) is 4.99. The molecule has 0 aliphatic carbocycles.